The van der Waals surface area contributed by atoms with Gasteiger partial charge < -0.3 is 15.0 Å². The molecule has 0 spiro atoms. The van der Waals surface area contributed by atoms with Gasteiger partial charge in [0.25, 0.3) is 0 Å². The number of ether oxygens (including phenoxy) is 1. The van der Waals surface area contributed by atoms with Crippen LogP contribution in [0.4, 0.5) is 0 Å². The minimum absolute atomic E-state index is 0.0298. The van der Waals surface area contributed by atoms with E-state index >= 15 is 0 Å². The minimum Gasteiger partial charge on any atom is -0.460 e. The fraction of sp³-hybridized carbons (Fsp3) is 0.938. The lowest BCUT2D eigenvalue weighted by atomic mass is 9.91. The highest BCUT2D eigenvalue weighted by molar-refractivity contribution is 5.70. The Morgan fingerprint density at radius 1 is 1.15 bits per heavy atom. The Labute approximate surface area is 123 Å². The number of carbonyl (C=O) groups is 1. The first-order valence-electron chi connectivity index (χ1n) is 8.10. The number of piperidine rings is 2. The molecule has 0 aromatic carbocycles. The zero-order chi connectivity index (χ0) is 14.6. The van der Waals surface area contributed by atoms with Crippen LogP contribution in [-0.4, -0.2) is 48.7 Å². The summed E-state index contributed by atoms with van der Waals surface area (Å²) in [6.07, 6.45) is 5.43. The molecular formula is C16H30N2O2. The molecule has 0 radical (unpaired) electrons. The van der Waals surface area contributed by atoms with Gasteiger partial charge in [-0.2, -0.15) is 0 Å². The van der Waals surface area contributed by atoms with Gasteiger partial charge in [-0.3, -0.25) is 4.79 Å². The van der Waals surface area contributed by atoms with Crippen LogP contribution in [0.15, 0.2) is 0 Å². The number of nitrogens with one attached hydrogen (secondary N) is 1. The smallest absolute Gasteiger partial charge is 0.306 e. The molecule has 4 nitrogen and oxygen atoms in total. The standard InChI is InChI=1S/C16H30N2O2/c1-16(2,3)20-15(19)12-13-6-10-18(11-7-13)14-4-8-17-9-5-14/h13-14,17H,4-12H2,1-3H3. The minimum atomic E-state index is -0.354. The average molecular weight is 282 g/mol. The number of esters is 1. The molecular weight excluding hydrogens is 252 g/mol. The van der Waals surface area contributed by atoms with E-state index in [1.807, 2.05) is 20.8 Å². The van der Waals surface area contributed by atoms with Crippen LogP contribution in [0.5, 0.6) is 0 Å². The molecule has 2 aliphatic heterocycles. The number of likely N-dealkylation sites (tertiary alicyclic amines) is 1. The second-order valence-corrected chi connectivity index (χ2v) is 7.25. The number of carbonyl (C=O) groups excluding carboxylic acids is 1. The second kappa shape index (κ2) is 6.90. The van der Waals surface area contributed by atoms with Crippen molar-refractivity contribution in [3.8, 4) is 0 Å². The van der Waals surface area contributed by atoms with E-state index < -0.39 is 0 Å². The van der Waals surface area contributed by atoms with Gasteiger partial charge >= 0.3 is 5.97 Å². The monoisotopic (exact) mass is 282 g/mol. The lowest BCUT2D eigenvalue weighted by Crippen LogP contribution is -2.46. The van der Waals surface area contributed by atoms with Crippen LogP contribution in [0.1, 0.15) is 52.9 Å². The zero-order valence-corrected chi connectivity index (χ0v) is 13.3. The van der Waals surface area contributed by atoms with E-state index in [1.165, 1.54) is 12.8 Å². The predicted molar refractivity (Wildman–Crippen MR) is 80.7 cm³/mol. The summed E-state index contributed by atoms with van der Waals surface area (Å²) < 4.78 is 5.42. The molecule has 2 rings (SSSR count). The quantitative estimate of drug-likeness (QED) is 0.806. The van der Waals surface area contributed by atoms with E-state index in [2.05, 4.69) is 10.2 Å². The molecule has 0 amide bonds. The van der Waals surface area contributed by atoms with Crippen LogP contribution in [0.3, 0.4) is 0 Å². The van der Waals surface area contributed by atoms with Gasteiger partial charge in [0.1, 0.15) is 5.60 Å². The number of rotatable bonds is 3. The zero-order valence-electron chi connectivity index (χ0n) is 13.3. The van der Waals surface area contributed by atoms with Gasteiger partial charge in [0, 0.05) is 12.5 Å². The first kappa shape index (κ1) is 15.8. The van der Waals surface area contributed by atoms with Crippen molar-refractivity contribution in [1.82, 2.24) is 10.2 Å². The Bertz CT molecular complexity index is 311. The molecule has 0 atom stereocenters. The number of hydrogen-bond acceptors (Lipinski definition) is 4. The SMILES string of the molecule is CC(C)(C)OC(=O)CC1CCN(C2CCNCC2)CC1. The lowest BCUT2D eigenvalue weighted by molar-refractivity contribution is -0.156. The van der Waals surface area contributed by atoms with Crippen molar-refractivity contribution in [1.29, 1.82) is 0 Å². The topological polar surface area (TPSA) is 41.6 Å². The van der Waals surface area contributed by atoms with Gasteiger partial charge in [-0.25, -0.2) is 0 Å². The van der Waals surface area contributed by atoms with Crippen LogP contribution < -0.4 is 5.32 Å². The van der Waals surface area contributed by atoms with Crippen molar-refractivity contribution < 1.29 is 9.53 Å². The van der Waals surface area contributed by atoms with Gasteiger partial charge in [-0.1, -0.05) is 0 Å². The molecule has 2 heterocycles. The fourth-order valence-electron chi connectivity index (χ4n) is 3.31. The van der Waals surface area contributed by atoms with Crippen LogP contribution >= 0.6 is 0 Å². The van der Waals surface area contributed by atoms with E-state index in [0.29, 0.717) is 12.3 Å². The Balaban J connectivity index is 1.70. The average Bonchev–Trinajstić information content (AvgIpc) is 2.38. The van der Waals surface area contributed by atoms with Crippen LogP contribution in [0.2, 0.25) is 0 Å². The fourth-order valence-corrected chi connectivity index (χ4v) is 3.31. The maximum atomic E-state index is 11.9. The third-order valence-corrected chi connectivity index (χ3v) is 4.35. The summed E-state index contributed by atoms with van der Waals surface area (Å²) in [7, 11) is 0. The number of hydrogen-bond donors (Lipinski definition) is 1. The molecule has 20 heavy (non-hydrogen) atoms. The van der Waals surface area contributed by atoms with Crippen molar-refractivity contribution in [2.45, 2.75) is 64.5 Å². The molecule has 4 heteroatoms. The van der Waals surface area contributed by atoms with Crippen molar-refractivity contribution in [2.24, 2.45) is 5.92 Å². The molecule has 2 aliphatic rings. The van der Waals surface area contributed by atoms with Gasteiger partial charge in [0.05, 0.1) is 0 Å². The van der Waals surface area contributed by atoms with E-state index in [1.54, 1.807) is 0 Å². The summed E-state index contributed by atoms with van der Waals surface area (Å²) in [6.45, 7) is 10.4. The maximum absolute atomic E-state index is 11.9. The molecule has 116 valence electrons. The first-order valence-corrected chi connectivity index (χ1v) is 8.10. The summed E-state index contributed by atoms with van der Waals surface area (Å²) in [5.41, 5.74) is -0.354. The van der Waals surface area contributed by atoms with Crippen LogP contribution in [0.25, 0.3) is 0 Å². The molecule has 1 N–H and O–H groups in total. The summed E-state index contributed by atoms with van der Waals surface area (Å²) in [5.74, 6) is 0.487. The first-order chi connectivity index (χ1) is 9.44. The van der Waals surface area contributed by atoms with Gasteiger partial charge in [0.15, 0.2) is 0 Å². The normalized spacial score (nSPS) is 23.8. The maximum Gasteiger partial charge on any atom is 0.306 e. The van der Waals surface area contributed by atoms with Gasteiger partial charge in [-0.15, -0.1) is 0 Å². The summed E-state index contributed by atoms with van der Waals surface area (Å²) in [6, 6.07) is 0.763. The molecule has 2 saturated heterocycles. The molecule has 2 fully saturated rings. The van der Waals surface area contributed by atoms with Crippen molar-refractivity contribution in [2.75, 3.05) is 26.2 Å². The molecule has 0 saturated carbocycles. The van der Waals surface area contributed by atoms with E-state index in [0.717, 1.165) is 45.1 Å². The van der Waals surface area contributed by atoms with Crippen LogP contribution in [0, 0.1) is 5.92 Å². The Morgan fingerprint density at radius 2 is 1.75 bits per heavy atom. The van der Waals surface area contributed by atoms with Crippen molar-refractivity contribution >= 4 is 5.97 Å². The van der Waals surface area contributed by atoms with Crippen molar-refractivity contribution in [3.63, 3.8) is 0 Å². The van der Waals surface area contributed by atoms with Crippen LogP contribution in [-0.2, 0) is 9.53 Å². The highest BCUT2D eigenvalue weighted by Gasteiger charge is 2.28. The van der Waals surface area contributed by atoms with E-state index in [4.69, 9.17) is 4.74 Å². The number of nitrogens with zero attached hydrogens (tertiary/aromatic N) is 1. The molecule has 0 aliphatic carbocycles. The third kappa shape index (κ3) is 5.06. The molecule has 0 unspecified atom stereocenters. The largest absolute Gasteiger partial charge is 0.460 e. The molecule has 0 aromatic rings. The predicted octanol–water partition coefficient (Wildman–Crippen LogP) is 2.18. The lowest BCUT2D eigenvalue weighted by Gasteiger charge is -2.39. The highest BCUT2D eigenvalue weighted by atomic mass is 16.6. The summed E-state index contributed by atoms with van der Waals surface area (Å²) >= 11 is 0. The van der Waals surface area contributed by atoms with Gasteiger partial charge in [0.2, 0.25) is 0 Å². The van der Waals surface area contributed by atoms with Gasteiger partial charge in [-0.05, 0) is 78.6 Å². The Kier molecular flexibility index (Phi) is 5.44. The summed E-state index contributed by atoms with van der Waals surface area (Å²) in [4.78, 5) is 14.5. The highest BCUT2D eigenvalue weighted by Crippen LogP contribution is 2.25. The van der Waals surface area contributed by atoms with Crippen molar-refractivity contribution in [3.05, 3.63) is 0 Å². The Morgan fingerprint density at radius 3 is 2.30 bits per heavy atom. The molecule has 0 aromatic heterocycles. The Hall–Kier alpha value is -0.610. The second-order valence-electron chi connectivity index (χ2n) is 7.25. The summed E-state index contributed by atoms with van der Waals surface area (Å²) in [5, 5.41) is 3.42. The van der Waals surface area contributed by atoms with E-state index in [-0.39, 0.29) is 11.6 Å². The van der Waals surface area contributed by atoms with E-state index in [9.17, 15) is 4.79 Å². The molecule has 0 bridgehead atoms. The third-order valence-electron chi connectivity index (χ3n) is 4.35.